The van der Waals surface area contributed by atoms with Crippen LogP contribution in [-0.2, 0) is 16.0 Å². The first kappa shape index (κ1) is 16.6. The summed E-state index contributed by atoms with van der Waals surface area (Å²) < 4.78 is 0. The van der Waals surface area contributed by atoms with E-state index in [1.54, 1.807) is 0 Å². The maximum absolute atomic E-state index is 12.6. The molecule has 0 aliphatic carbocycles. The molecule has 4 rings (SSSR count). The van der Waals surface area contributed by atoms with Crippen LogP contribution < -0.4 is 5.32 Å². The van der Waals surface area contributed by atoms with Crippen LogP contribution in [0.5, 0.6) is 0 Å². The highest BCUT2D eigenvalue weighted by Gasteiger charge is 2.32. The smallest absolute Gasteiger partial charge is 0.227 e. The molecule has 3 aliphatic rings. The van der Waals surface area contributed by atoms with E-state index in [-0.39, 0.29) is 17.7 Å². The number of hydrogen-bond donors (Lipinski definition) is 1. The molecule has 1 aromatic rings. The Balaban J connectivity index is 1.31. The van der Waals surface area contributed by atoms with Crippen LogP contribution in [0.15, 0.2) is 24.3 Å². The van der Waals surface area contributed by atoms with Crippen molar-refractivity contribution in [1.82, 2.24) is 9.80 Å². The summed E-state index contributed by atoms with van der Waals surface area (Å²) >= 11 is 0. The normalized spacial score (nSPS) is 26.6. The fourth-order valence-electron chi connectivity index (χ4n) is 4.48. The van der Waals surface area contributed by atoms with Gasteiger partial charge in [0.2, 0.25) is 11.8 Å². The second kappa shape index (κ2) is 7.16. The van der Waals surface area contributed by atoms with Gasteiger partial charge < -0.3 is 10.2 Å². The molecule has 2 amide bonds. The summed E-state index contributed by atoms with van der Waals surface area (Å²) in [5, 5.41) is 2.98. The van der Waals surface area contributed by atoms with Gasteiger partial charge in [-0.15, -0.1) is 0 Å². The molecule has 5 heteroatoms. The summed E-state index contributed by atoms with van der Waals surface area (Å²) in [6.45, 7) is 3.91. The lowest BCUT2D eigenvalue weighted by Gasteiger charge is -2.44. The fraction of sp³-hybridized carbons (Fsp3) is 0.600. The van der Waals surface area contributed by atoms with E-state index in [1.165, 1.54) is 31.4 Å². The molecule has 2 atom stereocenters. The van der Waals surface area contributed by atoms with Gasteiger partial charge in [-0.3, -0.25) is 14.5 Å². The van der Waals surface area contributed by atoms with E-state index in [9.17, 15) is 9.59 Å². The monoisotopic (exact) mass is 341 g/mol. The molecule has 1 N–H and O–H groups in total. The van der Waals surface area contributed by atoms with E-state index in [0.29, 0.717) is 18.9 Å². The van der Waals surface area contributed by atoms with Gasteiger partial charge in [-0.05, 0) is 43.9 Å². The lowest BCUT2D eigenvalue weighted by molar-refractivity contribution is -0.135. The van der Waals surface area contributed by atoms with Crippen molar-refractivity contribution in [2.24, 2.45) is 5.92 Å². The maximum Gasteiger partial charge on any atom is 0.227 e. The Morgan fingerprint density at radius 2 is 2.04 bits per heavy atom. The van der Waals surface area contributed by atoms with Crippen molar-refractivity contribution in [1.29, 1.82) is 0 Å². The number of nitrogens with zero attached hydrogens (tertiary/aromatic N) is 2. The van der Waals surface area contributed by atoms with Crippen LogP contribution in [0.1, 0.15) is 37.7 Å². The van der Waals surface area contributed by atoms with Gasteiger partial charge in [-0.1, -0.05) is 24.6 Å². The Kier molecular flexibility index (Phi) is 4.75. The maximum atomic E-state index is 12.6. The van der Waals surface area contributed by atoms with Gasteiger partial charge in [0.25, 0.3) is 0 Å². The van der Waals surface area contributed by atoms with Crippen molar-refractivity contribution in [2.45, 2.75) is 44.6 Å². The third-order valence-corrected chi connectivity index (χ3v) is 6.01. The zero-order valence-corrected chi connectivity index (χ0v) is 14.7. The van der Waals surface area contributed by atoms with Gasteiger partial charge in [0.1, 0.15) is 0 Å². The standard InChI is InChI=1S/C20H27N3O2/c24-19(23-12-11-22-10-4-3-6-17(22)14-23)9-8-16-13-15-5-1-2-7-18(15)21-20(16)25/h1-2,5,7,16-17H,3-4,6,8-14H2,(H,21,25)/t16-,17+/m1/s1. The average molecular weight is 341 g/mol. The molecular weight excluding hydrogens is 314 g/mol. The summed E-state index contributed by atoms with van der Waals surface area (Å²) in [4.78, 5) is 29.5. The van der Waals surface area contributed by atoms with E-state index >= 15 is 0 Å². The van der Waals surface area contributed by atoms with Gasteiger partial charge in [0.15, 0.2) is 0 Å². The van der Waals surface area contributed by atoms with E-state index < -0.39 is 0 Å². The molecule has 3 aliphatic heterocycles. The lowest BCUT2D eigenvalue weighted by Crippen LogP contribution is -2.56. The predicted molar refractivity (Wildman–Crippen MR) is 97.3 cm³/mol. The van der Waals surface area contributed by atoms with Gasteiger partial charge in [0, 0.05) is 43.7 Å². The van der Waals surface area contributed by atoms with Crippen LogP contribution in [0.25, 0.3) is 0 Å². The minimum atomic E-state index is -0.0881. The van der Waals surface area contributed by atoms with Crippen molar-refractivity contribution < 1.29 is 9.59 Å². The molecule has 1 aromatic carbocycles. The summed E-state index contributed by atoms with van der Waals surface area (Å²) in [5.74, 6) is 0.190. The van der Waals surface area contributed by atoms with Crippen LogP contribution in [0.2, 0.25) is 0 Å². The van der Waals surface area contributed by atoms with Crippen molar-refractivity contribution >= 4 is 17.5 Å². The second-order valence-corrected chi connectivity index (χ2v) is 7.61. The highest BCUT2D eigenvalue weighted by molar-refractivity contribution is 5.96. The molecule has 25 heavy (non-hydrogen) atoms. The number of para-hydroxylation sites is 1. The van der Waals surface area contributed by atoms with Gasteiger partial charge in [-0.25, -0.2) is 0 Å². The summed E-state index contributed by atoms with van der Waals surface area (Å²) in [5.41, 5.74) is 2.10. The van der Waals surface area contributed by atoms with Crippen molar-refractivity contribution in [3.63, 3.8) is 0 Å². The number of anilines is 1. The molecule has 5 nitrogen and oxygen atoms in total. The molecule has 3 heterocycles. The second-order valence-electron chi connectivity index (χ2n) is 7.61. The van der Waals surface area contributed by atoms with E-state index in [1.807, 2.05) is 23.1 Å². The topological polar surface area (TPSA) is 52.7 Å². The molecule has 2 fully saturated rings. The summed E-state index contributed by atoms with van der Waals surface area (Å²) in [7, 11) is 0. The Bertz CT molecular complexity index is 660. The zero-order valence-electron chi connectivity index (χ0n) is 14.7. The number of benzene rings is 1. The molecule has 0 bridgehead atoms. The van der Waals surface area contributed by atoms with Crippen molar-refractivity contribution in [3.05, 3.63) is 29.8 Å². The molecule has 134 valence electrons. The lowest BCUT2D eigenvalue weighted by atomic mass is 9.89. The van der Waals surface area contributed by atoms with Gasteiger partial charge in [0.05, 0.1) is 0 Å². The molecular formula is C20H27N3O2. The summed E-state index contributed by atoms with van der Waals surface area (Å²) in [6.07, 6.45) is 5.65. The molecule has 0 aromatic heterocycles. The third kappa shape index (κ3) is 3.56. The van der Waals surface area contributed by atoms with Crippen LogP contribution in [0.4, 0.5) is 5.69 Å². The molecule has 0 unspecified atom stereocenters. The Morgan fingerprint density at radius 1 is 1.16 bits per heavy atom. The highest BCUT2D eigenvalue weighted by Crippen LogP contribution is 2.28. The van der Waals surface area contributed by atoms with Crippen LogP contribution >= 0.6 is 0 Å². The van der Waals surface area contributed by atoms with Crippen LogP contribution in [0, 0.1) is 5.92 Å². The van der Waals surface area contributed by atoms with E-state index in [0.717, 1.165) is 31.7 Å². The predicted octanol–water partition coefficient (Wildman–Crippen LogP) is 2.27. The number of piperidine rings is 1. The van der Waals surface area contributed by atoms with E-state index in [4.69, 9.17) is 0 Å². The first-order valence-electron chi connectivity index (χ1n) is 9.61. The largest absolute Gasteiger partial charge is 0.340 e. The number of amides is 2. The molecule has 2 saturated heterocycles. The fourth-order valence-corrected chi connectivity index (χ4v) is 4.48. The first-order chi connectivity index (χ1) is 12.2. The zero-order chi connectivity index (χ0) is 17.2. The Morgan fingerprint density at radius 3 is 2.96 bits per heavy atom. The number of hydrogen-bond acceptors (Lipinski definition) is 3. The Labute approximate surface area is 149 Å². The number of fused-ring (bicyclic) bond motifs is 2. The van der Waals surface area contributed by atoms with E-state index in [2.05, 4.69) is 16.3 Å². The quantitative estimate of drug-likeness (QED) is 0.918. The molecule has 0 radical (unpaired) electrons. The molecule has 0 spiro atoms. The van der Waals surface area contributed by atoms with Gasteiger partial charge >= 0.3 is 0 Å². The number of rotatable bonds is 3. The minimum Gasteiger partial charge on any atom is -0.340 e. The van der Waals surface area contributed by atoms with Crippen molar-refractivity contribution in [2.75, 3.05) is 31.5 Å². The number of nitrogens with one attached hydrogen (secondary N) is 1. The van der Waals surface area contributed by atoms with Crippen LogP contribution in [-0.4, -0.2) is 53.8 Å². The summed E-state index contributed by atoms with van der Waals surface area (Å²) in [6, 6.07) is 8.50. The van der Waals surface area contributed by atoms with Crippen molar-refractivity contribution in [3.8, 4) is 0 Å². The molecule has 0 saturated carbocycles. The average Bonchev–Trinajstić information content (AvgIpc) is 2.65. The van der Waals surface area contributed by atoms with Crippen LogP contribution in [0.3, 0.4) is 0 Å². The Hall–Kier alpha value is -1.88. The van der Waals surface area contributed by atoms with Gasteiger partial charge in [-0.2, -0.15) is 0 Å². The number of piperazine rings is 1. The number of carbonyl (C=O) groups is 2. The highest BCUT2D eigenvalue weighted by atomic mass is 16.2. The SMILES string of the molecule is O=C1Nc2ccccc2C[C@H]1CCC(=O)N1CCN2CCCC[C@H]2C1. The third-order valence-electron chi connectivity index (χ3n) is 6.01. The number of carbonyl (C=O) groups excluding carboxylic acids is 2. The first-order valence-corrected chi connectivity index (χ1v) is 9.61. The minimum absolute atomic E-state index is 0.0589.